The minimum atomic E-state index is 0.0373. The molecule has 0 aliphatic carbocycles. The van der Waals surface area contributed by atoms with Gasteiger partial charge in [-0.15, -0.1) is 0 Å². The van der Waals surface area contributed by atoms with E-state index in [2.05, 4.69) is 9.88 Å². The fourth-order valence-corrected chi connectivity index (χ4v) is 3.78. The van der Waals surface area contributed by atoms with Crippen molar-refractivity contribution >= 4 is 23.3 Å². The first kappa shape index (κ1) is 16.3. The summed E-state index contributed by atoms with van der Waals surface area (Å²) < 4.78 is 0. The quantitative estimate of drug-likeness (QED) is 0.828. The van der Waals surface area contributed by atoms with E-state index in [1.165, 1.54) is 12.8 Å². The molecule has 1 saturated heterocycles. The molecule has 3 heterocycles. The molecule has 130 valence electrons. The number of hydrogen-bond acceptors (Lipinski definition) is 4. The Bertz CT molecular complexity index is 800. The second-order valence-electron chi connectivity index (χ2n) is 6.70. The van der Waals surface area contributed by atoms with Crippen molar-refractivity contribution in [2.75, 3.05) is 24.5 Å². The highest BCUT2D eigenvalue weighted by Gasteiger charge is 2.28. The molecular formula is C19H21ClN4O. The summed E-state index contributed by atoms with van der Waals surface area (Å²) in [5.74, 6) is 1.88. The predicted molar refractivity (Wildman–Crippen MR) is 98.1 cm³/mol. The van der Waals surface area contributed by atoms with E-state index in [-0.39, 0.29) is 5.91 Å². The molecule has 1 amide bonds. The maximum absolute atomic E-state index is 12.8. The maximum Gasteiger partial charge on any atom is 0.254 e. The minimum absolute atomic E-state index is 0.0373. The number of benzene rings is 1. The average molecular weight is 357 g/mol. The van der Waals surface area contributed by atoms with Gasteiger partial charge in [0.25, 0.3) is 5.91 Å². The van der Waals surface area contributed by atoms with Gasteiger partial charge in [0.2, 0.25) is 0 Å². The van der Waals surface area contributed by atoms with Crippen LogP contribution in [-0.4, -0.2) is 40.4 Å². The molecule has 1 aromatic carbocycles. The van der Waals surface area contributed by atoms with Crippen LogP contribution >= 0.6 is 11.6 Å². The third-order valence-corrected chi connectivity index (χ3v) is 5.19. The molecule has 0 unspecified atom stereocenters. The number of rotatable bonds is 2. The van der Waals surface area contributed by atoms with Crippen LogP contribution in [0.1, 0.15) is 40.3 Å². The summed E-state index contributed by atoms with van der Waals surface area (Å²) in [6.45, 7) is 5.28. The summed E-state index contributed by atoms with van der Waals surface area (Å²) in [6.07, 6.45) is 3.18. The van der Waals surface area contributed by atoms with Gasteiger partial charge in [0, 0.05) is 42.2 Å². The van der Waals surface area contributed by atoms with Gasteiger partial charge in [-0.2, -0.15) is 0 Å². The Morgan fingerprint density at radius 3 is 2.52 bits per heavy atom. The van der Waals surface area contributed by atoms with Gasteiger partial charge in [-0.05, 0) is 44.0 Å². The van der Waals surface area contributed by atoms with Crippen LogP contribution in [0.2, 0.25) is 5.02 Å². The van der Waals surface area contributed by atoms with Crippen molar-refractivity contribution < 1.29 is 4.79 Å². The van der Waals surface area contributed by atoms with E-state index >= 15 is 0 Å². The molecule has 2 aliphatic rings. The first-order valence-corrected chi connectivity index (χ1v) is 9.16. The molecule has 1 aromatic heterocycles. The summed E-state index contributed by atoms with van der Waals surface area (Å²) in [7, 11) is 0. The number of carbonyl (C=O) groups excluding carboxylic acids is 1. The Labute approximate surface area is 152 Å². The number of hydrogen-bond donors (Lipinski definition) is 0. The Balaban J connectivity index is 1.63. The molecule has 4 rings (SSSR count). The maximum atomic E-state index is 12.8. The lowest BCUT2D eigenvalue weighted by Crippen LogP contribution is -2.38. The van der Waals surface area contributed by atoms with Crippen molar-refractivity contribution in [3.05, 3.63) is 51.9 Å². The van der Waals surface area contributed by atoms with Crippen LogP contribution < -0.4 is 4.90 Å². The van der Waals surface area contributed by atoms with Gasteiger partial charge in [0.05, 0.1) is 12.2 Å². The molecule has 1 fully saturated rings. The molecule has 0 bridgehead atoms. The summed E-state index contributed by atoms with van der Waals surface area (Å²) >= 11 is 5.93. The standard InChI is InChI=1S/C19H21ClN4O/c1-13-21-17-8-11-24(19(25)14-4-6-15(20)7-5-14)12-16(17)18(22-13)23-9-2-3-10-23/h4-7H,2-3,8-12H2,1H3. The SMILES string of the molecule is Cc1nc2c(c(N3CCCC3)n1)CN(C(=O)c1ccc(Cl)cc1)CC2. The Kier molecular flexibility index (Phi) is 4.34. The van der Waals surface area contributed by atoms with Crippen molar-refractivity contribution in [3.63, 3.8) is 0 Å². The lowest BCUT2D eigenvalue weighted by atomic mass is 10.0. The number of amides is 1. The lowest BCUT2D eigenvalue weighted by Gasteiger charge is -2.31. The largest absolute Gasteiger partial charge is 0.356 e. The van der Waals surface area contributed by atoms with Crippen LogP contribution in [0.15, 0.2) is 24.3 Å². The second kappa shape index (κ2) is 6.64. The van der Waals surface area contributed by atoms with Gasteiger partial charge in [0.15, 0.2) is 0 Å². The van der Waals surface area contributed by atoms with Gasteiger partial charge in [0.1, 0.15) is 11.6 Å². The van der Waals surface area contributed by atoms with Crippen molar-refractivity contribution in [3.8, 4) is 0 Å². The van der Waals surface area contributed by atoms with E-state index < -0.39 is 0 Å². The molecular weight excluding hydrogens is 336 g/mol. The molecule has 0 radical (unpaired) electrons. The van der Waals surface area contributed by atoms with E-state index in [0.29, 0.717) is 23.7 Å². The lowest BCUT2D eigenvalue weighted by molar-refractivity contribution is 0.0733. The highest BCUT2D eigenvalue weighted by Crippen LogP contribution is 2.29. The van der Waals surface area contributed by atoms with Gasteiger partial charge in [-0.3, -0.25) is 4.79 Å². The first-order chi connectivity index (χ1) is 12.1. The number of carbonyl (C=O) groups is 1. The summed E-state index contributed by atoms with van der Waals surface area (Å²) in [5, 5.41) is 0.640. The fraction of sp³-hybridized carbons (Fsp3) is 0.421. The Morgan fingerprint density at radius 2 is 1.80 bits per heavy atom. The van der Waals surface area contributed by atoms with Crippen molar-refractivity contribution in [2.45, 2.75) is 32.7 Å². The minimum Gasteiger partial charge on any atom is -0.356 e. The molecule has 0 spiro atoms. The number of aryl methyl sites for hydroxylation is 1. The van der Waals surface area contributed by atoms with Crippen LogP contribution in [0.25, 0.3) is 0 Å². The third kappa shape index (κ3) is 3.21. The molecule has 25 heavy (non-hydrogen) atoms. The fourth-order valence-electron chi connectivity index (χ4n) is 3.66. The van der Waals surface area contributed by atoms with Crippen molar-refractivity contribution in [2.24, 2.45) is 0 Å². The average Bonchev–Trinajstić information content (AvgIpc) is 3.15. The molecule has 0 N–H and O–H groups in total. The zero-order valence-corrected chi connectivity index (χ0v) is 15.1. The van der Waals surface area contributed by atoms with Crippen molar-refractivity contribution in [1.82, 2.24) is 14.9 Å². The highest BCUT2D eigenvalue weighted by atomic mass is 35.5. The van der Waals surface area contributed by atoms with Crippen LogP contribution in [0.3, 0.4) is 0 Å². The molecule has 2 aliphatic heterocycles. The number of halogens is 1. The van der Waals surface area contributed by atoms with E-state index in [9.17, 15) is 4.79 Å². The second-order valence-corrected chi connectivity index (χ2v) is 7.13. The Morgan fingerprint density at radius 1 is 1.08 bits per heavy atom. The van der Waals surface area contributed by atoms with E-state index in [1.54, 1.807) is 24.3 Å². The van der Waals surface area contributed by atoms with E-state index in [0.717, 1.165) is 42.4 Å². The number of nitrogens with zero attached hydrogens (tertiary/aromatic N) is 4. The predicted octanol–water partition coefficient (Wildman–Crippen LogP) is 3.24. The van der Waals surface area contributed by atoms with Gasteiger partial charge < -0.3 is 9.80 Å². The third-order valence-electron chi connectivity index (χ3n) is 4.93. The number of anilines is 1. The summed E-state index contributed by atoms with van der Waals surface area (Å²) in [5.41, 5.74) is 2.87. The molecule has 5 nitrogen and oxygen atoms in total. The summed E-state index contributed by atoms with van der Waals surface area (Å²) in [6, 6.07) is 7.09. The first-order valence-electron chi connectivity index (χ1n) is 8.78. The number of fused-ring (bicyclic) bond motifs is 1. The van der Waals surface area contributed by atoms with Crippen LogP contribution in [-0.2, 0) is 13.0 Å². The Hall–Kier alpha value is -2.14. The van der Waals surface area contributed by atoms with Gasteiger partial charge in [-0.1, -0.05) is 11.6 Å². The highest BCUT2D eigenvalue weighted by molar-refractivity contribution is 6.30. The van der Waals surface area contributed by atoms with Crippen LogP contribution in [0, 0.1) is 6.92 Å². The molecule has 0 saturated carbocycles. The topological polar surface area (TPSA) is 49.3 Å². The smallest absolute Gasteiger partial charge is 0.254 e. The van der Waals surface area contributed by atoms with Crippen molar-refractivity contribution in [1.29, 1.82) is 0 Å². The number of aromatic nitrogens is 2. The van der Waals surface area contributed by atoms with Crippen LogP contribution in [0.5, 0.6) is 0 Å². The molecule has 2 aromatic rings. The van der Waals surface area contributed by atoms with Gasteiger partial charge in [-0.25, -0.2) is 9.97 Å². The molecule has 0 atom stereocenters. The van der Waals surface area contributed by atoms with E-state index in [1.807, 2.05) is 11.8 Å². The van der Waals surface area contributed by atoms with E-state index in [4.69, 9.17) is 16.6 Å². The molecule has 6 heteroatoms. The zero-order chi connectivity index (χ0) is 17.4. The van der Waals surface area contributed by atoms with Crippen LogP contribution in [0.4, 0.5) is 5.82 Å². The van der Waals surface area contributed by atoms with Gasteiger partial charge >= 0.3 is 0 Å². The normalized spacial score (nSPS) is 16.9. The monoisotopic (exact) mass is 356 g/mol. The zero-order valence-electron chi connectivity index (χ0n) is 14.3. The summed E-state index contributed by atoms with van der Waals surface area (Å²) in [4.78, 5) is 26.4.